The fraction of sp³-hybridized carbons (Fsp3) is 0.400. The summed E-state index contributed by atoms with van der Waals surface area (Å²) in [5.41, 5.74) is 5.60. The molecule has 0 fully saturated rings. The van der Waals surface area contributed by atoms with Gasteiger partial charge in [0.1, 0.15) is 18.7 Å². The molecular formula is C10H14N8O2. The topological polar surface area (TPSA) is 134 Å². The first-order valence-electron chi connectivity index (χ1n) is 5.90. The Morgan fingerprint density at radius 2 is 2.30 bits per heavy atom. The van der Waals surface area contributed by atoms with Crippen molar-refractivity contribution in [1.29, 1.82) is 0 Å². The van der Waals surface area contributed by atoms with Gasteiger partial charge in [0.25, 0.3) is 5.95 Å². The average molecular weight is 278 g/mol. The Balaban J connectivity index is 2.18. The third-order valence-electron chi connectivity index (χ3n) is 2.25. The predicted molar refractivity (Wildman–Crippen MR) is 68.9 cm³/mol. The van der Waals surface area contributed by atoms with E-state index in [0.717, 1.165) is 0 Å². The molecule has 0 aliphatic rings. The van der Waals surface area contributed by atoms with Crippen LogP contribution in [-0.4, -0.2) is 48.3 Å². The van der Waals surface area contributed by atoms with E-state index in [1.165, 1.54) is 17.3 Å². The van der Waals surface area contributed by atoms with Crippen molar-refractivity contribution in [1.82, 2.24) is 29.7 Å². The number of anilines is 2. The van der Waals surface area contributed by atoms with Crippen LogP contribution >= 0.6 is 0 Å². The van der Waals surface area contributed by atoms with E-state index in [2.05, 4.69) is 30.4 Å². The summed E-state index contributed by atoms with van der Waals surface area (Å²) in [6.45, 7) is 3.66. The van der Waals surface area contributed by atoms with E-state index in [0.29, 0.717) is 6.61 Å². The van der Waals surface area contributed by atoms with Gasteiger partial charge < -0.3 is 15.8 Å². The quantitative estimate of drug-likeness (QED) is 0.687. The van der Waals surface area contributed by atoms with Crippen molar-refractivity contribution < 1.29 is 9.53 Å². The van der Waals surface area contributed by atoms with Crippen LogP contribution in [0.2, 0.25) is 0 Å². The average Bonchev–Trinajstić information content (AvgIpc) is 2.92. The van der Waals surface area contributed by atoms with Gasteiger partial charge >= 0.3 is 5.97 Å². The maximum absolute atomic E-state index is 11.5. The minimum Gasteiger partial charge on any atom is -0.464 e. The van der Waals surface area contributed by atoms with E-state index in [4.69, 9.17) is 10.5 Å². The molecule has 0 saturated heterocycles. The Kier molecular flexibility index (Phi) is 4.03. The molecule has 0 amide bonds. The summed E-state index contributed by atoms with van der Waals surface area (Å²) in [7, 11) is 0. The highest BCUT2D eigenvalue weighted by atomic mass is 16.5. The van der Waals surface area contributed by atoms with Gasteiger partial charge in [-0.05, 0) is 13.8 Å². The molecule has 3 N–H and O–H groups in total. The van der Waals surface area contributed by atoms with E-state index in [1.807, 2.05) is 0 Å². The molecule has 2 rings (SSSR count). The van der Waals surface area contributed by atoms with Crippen LogP contribution in [0.25, 0.3) is 5.95 Å². The summed E-state index contributed by atoms with van der Waals surface area (Å²) in [5.74, 6) is -0.0463. The zero-order valence-corrected chi connectivity index (χ0v) is 11.0. The van der Waals surface area contributed by atoms with Gasteiger partial charge in [-0.3, -0.25) is 0 Å². The van der Waals surface area contributed by atoms with Crippen LogP contribution in [-0.2, 0) is 9.53 Å². The van der Waals surface area contributed by atoms with Crippen molar-refractivity contribution in [2.45, 2.75) is 19.9 Å². The summed E-state index contributed by atoms with van der Waals surface area (Å²) in [6, 6.07) is -0.611. The highest BCUT2D eigenvalue weighted by molar-refractivity contribution is 5.78. The Morgan fingerprint density at radius 1 is 1.50 bits per heavy atom. The molecule has 10 heteroatoms. The fourth-order valence-corrected chi connectivity index (χ4v) is 1.38. The number of hydrogen-bond acceptors (Lipinski definition) is 9. The first-order valence-corrected chi connectivity index (χ1v) is 5.90. The molecule has 1 unspecified atom stereocenters. The molecule has 2 aromatic rings. The van der Waals surface area contributed by atoms with E-state index in [-0.39, 0.29) is 17.8 Å². The highest BCUT2D eigenvalue weighted by Gasteiger charge is 2.16. The van der Waals surface area contributed by atoms with Crippen LogP contribution in [0.15, 0.2) is 12.7 Å². The van der Waals surface area contributed by atoms with E-state index >= 15 is 0 Å². The standard InChI is InChI=1S/C10H14N8O2/c1-3-20-7(19)6(2)14-9-15-8(11)16-10(17-9)18-5-12-4-13-18/h4-6H,3H2,1-2H3,(H3,11,14,15,16,17). The number of hydrogen-bond donors (Lipinski definition) is 2. The molecule has 1 atom stereocenters. The molecule has 2 aromatic heterocycles. The molecule has 0 bridgehead atoms. The fourth-order valence-electron chi connectivity index (χ4n) is 1.38. The van der Waals surface area contributed by atoms with Gasteiger partial charge in [0.15, 0.2) is 0 Å². The van der Waals surface area contributed by atoms with Crippen molar-refractivity contribution in [2.24, 2.45) is 0 Å². The van der Waals surface area contributed by atoms with Crippen LogP contribution in [0.1, 0.15) is 13.8 Å². The number of ether oxygens (including phenoxy) is 1. The summed E-state index contributed by atoms with van der Waals surface area (Å²) in [6.07, 6.45) is 2.77. The molecule has 2 heterocycles. The molecular weight excluding hydrogens is 264 g/mol. The first kappa shape index (κ1) is 13.6. The lowest BCUT2D eigenvalue weighted by Crippen LogP contribution is -2.29. The summed E-state index contributed by atoms with van der Waals surface area (Å²) < 4.78 is 6.21. The zero-order valence-electron chi connectivity index (χ0n) is 11.0. The Hall–Kier alpha value is -2.78. The van der Waals surface area contributed by atoms with Gasteiger partial charge in [0.05, 0.1) is 6.61 Å². The molecule has 106 valence electrons. The number of nitrogens with one attached hydrogen (secondary N) is 1. The number of nitrogens with two attached hydrogens (primary N) is 1. The molecule has 0 aliphatic heterocycles. The largest absolute Gasteiger partial charge is 0.464 e. The van der Waals surface area contributed by atoms with Crippen molar-refractivity contribution in [3.63, 3.8) is 0 Å². The van der Waals surface area contributed by atoms with Crippen molar-refractivity contribution in [3.05, 3.63) is 12.7 Å². The first-order chi connectivity index (χ1) is 9.60. The lowest BCUT2D eigenvalue weighted by atomic mass is 10.3. The van der Waals surface area contributed by atoms with Crippen molar-refractivity contribution in [2.75, 3.05) is 17.7 Å². The van der Waals surface area contributed by atoms with Crippen molar-refractivity contribution in [3.8, 4) is 5.95 Å². The maximum atomic E-state index is 11.5. The third kappa shape index (κ3) is 3.16. The Labute approximate surface area is 114 Å². The van der Waals surface area contributed by atoms with Crippen LogP contribution in [0.3, 0.4) is 0 Å². The van der Waals surface area contributed by atoms with E-state index in [1.54, 1.807) is 13.8 Å². The second-order valence-electron chi connectivity index (χ2n) is 3.78. The number of carbonyl (C=O) groups is 1. The molecule has 0 radical (unpaired) electrons. The summed E-state index contributed by atoms with van der Waals surface area (Å²) >= 11 is 0. The van der Waals surface area contributed by atoms with Gasteiger partial charge in [0.2, 0.25) is 11.9 Å². The minimum absolute atomic E-state index is 0.00376. The van der Waals surface area contributed by atoms with Gasteiger partial charge in [-0.1, -0.05) is 0 Å². The molecule has 0 saturated carbocycles. The summed E-state index contributed by atoms with van der Waals surface area (Å²) in [4.78, 5) is 27.2. The number of nitrogen functional groups attached to an aromatic ring is 1. The van der Waals surface area contributed by atoms with E-state index in [9.17, 15) is 4.79 Å². The smallest absolute Gasteiger partial charge is 0.328 e. The SMILES string of the molecule is CCOC(=O)C(C)Nc1nc(N)nc(-n2cncn2)n1. The Bertz CT molecular complexity index is 585. The van der Waals surface area contributed by atoms with Crippen LogP contribution in [0, 0.1) is 0 Å². The van der Waals surface area contributed by atoms with Gasteiger partial charge in [-0.2, -0.15) is 24.7 Å². The van der Waals surface area contributed by atoms with Crippen LogP contribution in [0.5, 0.6) is 0 Å². The number of esters is 1. The number of rotatable bonds is 5. The predicted octanol–water partition coefficient (Wildman–Crippen LogP) is -0.602. The van der Waals surface area contributed by atoms with Crippen LogP contribution < -0.4 is 11.1 Å². The second kappa shape index (κ2) is 5.91. The molecule has 20 heavy (non-hydrogen) atoms. The molecule has 0 aliphatic carbocycles. The zero-order chi connectivity index (χ0) is 14.5. The normalized spacial score (nSPS) is 11.9. The van der Waals surface area contributed by atoms with Gasteiger partial charge in [-0.15, -0.1) is 0 Å². The third-order valence-corrected chi connectivity index (χ3v) is 2.25. The number of carbonyl (C=O) groups excluding carboxylic acids is 1. The highest BCUT2D eigenvalue weighted by Crippen LogP contribution is 2.07. The lowest BCUT2D eigenvalue weighted by Gasteiger charge is -2.12. The minimum atomic E-state index is -0.611. The Morgan fingerprint density at radius 3 is 2.95 bits per heavy atom. The molecule has 0 spiro atoms. The van der Waals surface area contributed by atoms with E-state index < -0.39 is 12.0 Å². The molecule has 0 aromatic carbocycles. The monoisotopic (exact) mass is 278 g/mol. The van der Waals surface area contributed by atoms with Gasteiger partial charge in [-0.25, -0.2) is 9.78 Å². The molecule has 10 nitrogen and oxygen atoms in total. The van der Waals surface area contributed by atoms with Crippen molar-refractivity contribution >= 4 is 17.9 Å². The number of nitrogens with zero attached hydrogens (tertiary/aromatic N) is 6. The lowest BCUT2D eigenvalue weighted by molar-refractivity contribution is -0.143. The second-order valence-corrected chi connectivity index (χ2v) is 3.78. The van der Waals surface area contributed by atoms with Crippen LogP contribution in [0.4, 0.5) is 11.9 Å². The maximum Gasteiger partial charge on any atom is 0.328 e. The summed E-state index contributed by atoms with van der Waals surface area (Å²) in [5, 5.41) is 6.68. The number of aromatic nitrogens is 6. The van der Waals surface area contributed by atoms with Gasteiger partial charge in [0, 0.05) is 0 Å².